The maximum Gasteiger partial charge on any atom is 0.190 e. The molecule has 0 unspecified atom stereocenters. The fraction of sp³-hybridized carbons (Fsp3) is 0.455. The summed E-state index contributed by atoms with van der Waals surface area (Å²) in [6.45, 7) is 0.703. The van der Waals surface area contributed by atoms with Crippen LogP contribution in [-0.4, -0.2) is 39.1 Å². The minimum absolute atomic E-state index is 0. The molecule has 0 saturated carbocycles. The number of aromatic nitrogens is 1. The third-order valence-electron chi connectivity index (χ3n) is 2.20. The van der Waals surface area contributed by atoms with E-state index in [0.717, 1.165) is 17.3 Å². The summed E-state index contributed by atoms with van der Waals surface area (Å²) in [7, 11) is 7.55. The fourth-order valence-corrected chi connectivity index (χ4v) is 1.43. The van der Waals surface area contributed by atoms with Crippen LogP contribution in [0.15, 0.2) is 23.3 Å². The third-order valence-corrected chi connectivity index (χ3v) is 2.20. The summed E-state index contributed by atoms with van der Waals surface area (Å²) in [4.78, 5) is 10.4. The van der Waals surface area contributed by atoms with Crippen molar-refractivity contribution in [3.05, 3.63) is 23.9 Å². The van der Waals surface area contributed by atoms with Gasteiger partial charge in [0.1, 0.15) is 5.82 Å². The van der Waals surface area contributed by atoms with Crippen LogP contribution in [0, 0.1) is 0 Å². The predicted octanol–water partition coefficient (Wildman–Crippen LogP) is 1.06. The normalized spacial score (nSPS) is 10.5. The molecule has 0 aliphatic carbocycles. The number of guanidine groups is 1. The Balaban J connectivity index is 0.00000256. The molecule has 0 bridgehead atoms. The molecule has 1 aromatic rings. The number of anilines is 1. The van der Waals surface area contributed by atoms with Crippen LogP contribution < -0.4 is 15.5 Å². The third kappa shape index (κ3) is 4.76. The van der Waals surface area contributed by atoms with E-state index in [2.05, 4.69) is 26.7 Å². The summed E-state index contributed by atoms with van der Waals surface area (Å²) in [5.41, 5.74) is 1.14. The standard InChI is InChI=1S/C11H19N5.HI/c1-12-11(13-2)15-8-9-6-5-7-14-10(9)16(3)4;/h5-7H,8H2,1-4H3,(H2,12,13,15);1H. The summed E-state index contributed by atoms with van der Waals surface area (Å²) in [5, 5.41) is 6.18. The number of pyridine rings is 1. The molecule has 0 fully saturated rings. The van der Waals surface area contributed by atoms with E-state index in [9.17, 15) is 0 Å². The van der Waals surface area contributed by atoms with E-state index in [4.69, 9.17) is 0 Å². The molecule has 1 rings (SSSR count). The van der Waals surface area contributed by atoms with Crippen molar-refractivity contribution in [3.8, 4) is 0 Å². The van der Waals surface area contributed by atoms with Crippen LogP contribution >= 0.6 is 24.0 Å². The van der Waals surface area contributed by atoms with Crippen LogP contribution in [0.2, 0.25) is 0 Å². The Hall–Kier alpha value is -1.05. The van der Waals surface area contributed by atoms with Crippen molar-refractivity contribution in [2.24, 2.45) is 4.99 Å². The second-order valence-corrected chi connectivity index (χ2v) is 3.56. The van der Waals surface area contributed by atoms with Crippen molar-refractivity contribution in [2.45, 2.75) is 6.54 Å². The molecule has 96 valence electrons. The number of aliphatic imine (C=N–C) groups is 1. The number of nitrogens with zero attached hydrogens (tertiary/aromatic N) is 3. The summed E-state index contributed by atoms with van der Waals surface area (Å²) < 4.78 is 0. The minimum atomic E-state index is 0. The fourth-order valence-electron chi connectivity index (χ4n) is 1.43. The molecule has 5 nitrogen and oxygen atoms in total. The Labute approximate surface area is 120 Å². The molecule has 0 aliphatic rings. The van der Waals surface area contributed by atoms with Gasteiger partial charge in [-0.1, -0.05) is 6.07 Å². The topological polar surface area (TPSA) is 52.6 Å². The van der Waals surface area contributed by atoms with E-state index >= 15 is 0 Å². The number of hydrogen-bond donors (Lipinski definition) is 2. The smallest absolute Gasteiger partial charge is 0.190 e. The molecule has 0 spiro atoms. The van der Waals surface area contributed by atoms with Gasteiger partial charge in [0.05, 0.1) is 0 Å². The quantitative estimate of drug-likeness (QED) is 0.487. The van der Waals surface area contributed by atoms with E-state index in [1.165, 1.54) is 0 Å². The highest BCUT2D eigenvalue weighted by Gasteiger charge is 2.05. The Kier molecular flexibility index (Phi) is 7.60. The van der Waals surface area contributed by atoms with Gasteiger partial charge < -0.3 is 15.5 Å². The maximum absolute atomic E-state index is 4.33. The molecular formula is C11H20IN5. The first kappa shape index (κ1) is 16.0. The van der Waals surface area contributed by atoms with Gasteiger partial charge in [0.25, 0.3) is 0 Å². The van der Waals surface area contributed by atoms with Crippen molar-refractivity contribution in [2.75, 3.05) is 33.1 Å². The van der Waals surface area contributed by atoms with Crippen molar-refractivity contribution in [1.29, 1.82) is 0 Å². The van der Waals surface area contributed by atoms with Crippen molar-refractivity contribution >= 4 is 35.8 Å². The Morgan fingerprint density at radius 2 is 2.18 bits per heavy atom. The molecule has 1 heterocycles. The minimum Gasteiger partial charge on any atom is -0.362 e. The van der Waals surface area contributed by atoms with Crippen molar-refractivity contribution < 1.29 is 0 Å². The van der Waals surface area contributed by atoms with Crippen LogP contribution in [0.25, 0.3) is 0 Å². The summed E-state index contributed by atoms with van der Waals surface area (Å²) >= 11 is 0. The van der Waals surface area contributed by atoms with Crippen LogP contribution in [-0.2, 0) is 6.54 Å². The molecule has 17 heavy (non-hydrogen) atoms. The van der Waals surface area contributed by atoms with Gasteiger partial charge in [-0.3, -0.25) is 4.99 Å². The van der Waals surface area contributed by atoms with E-state index in [1.807, 2.05) is 32.1 Å². The number of hydrogen-bond acceptors (Lipinski definition) is 3. The maximum atomic E-state index is 4.33. The van der Waals surface area contributed by atoms with Gasteiger partial charge in [-0.2, -0.15) is 0 Å². The van der Waals surface area contributed by atoms with Gasteiger partial charge in [-0.15, -0.1) is 24.0 Å². The molecule has 0 saturated heterocycles. The highest BCUT2D eigenvalue weighted by Crippen LogP contribution is 2.13. The number of halogens is 1. The lowest BCUT2D eigenvalue weighted by Gasteiger charge is -2.16. The van der Waals surface area contributed by atoms with Crippen molar-refractivity contribution in [1.82, 2.24) is 15.6 Å². The average molecular weight is 349 g/mol. The lowest BCUT2D eigenvalue weighted by atomic mass is 10.2. The Bertz CT molecular complexity index is 365. The first-order valence-electron chi connectivity index (χ1n) is 5.18. The van der Waals surface area contributed by atoms with Crippen LogP contribution in [0.4, 0.5) is 5.82 Å². The van der Waals surface area contributed by atoms with Gasteiger partial charge in [-0.25, -0.2) is 4.98 Å². The second-order valence-electron chi connectivity index (χ2n) is 3.56. The summed E-state index contributed by atoms with van der Waals surface area (Å²) in [6.07, 6.45) is 1.80. The monoisotopic (exact) mass is 349 g/mol. The van der Waals surface area contributed by atoms with Crippen molar-refractivity contribution in [3.63, 3.8) is 0 Å². The zero-order valence-electron chi connectivity index (χ0n) is 10.7. The Morgan fingerprint density at radius 3 is 2.71 bits per heavy atom. The van der Waals surface area contributed by atoms with E-state index < -0.39 is 0 Å². The highest BCUT2D eigenvalue weighted by molar-refractivity contribution is 14.0. The molecule has 0 aromatic carbocycles. The zero-order chi connectivity index (χ0) is 12.0. The first-order valence-corrected chi connectivity index (χ1v) is 5.18. The van der Waals surface area contributed by atoms with Crippen LogP contribution in [0.1, 0.15) is 5.56 Å². The molecular weight excluding hydrogens is 329 g/mol. The molecule has 6 heteroatoms. The summed E-state index contributed by atoms with van der Waals surface area (Å²) in [6, 6.07) is 3.99. The second kappa shape index (κ2) is 8.10. The number of nitrogens with one attached hydrogen (secondary N) is 2. The van der Waals surface area contributed by atoms with Gasteiger partial charge in [0.2, 0.25) is 0 Å². The van der Waals surface area contributed by atoms with E-state index in [-0.39, 0.29) is 24.0 Å². The molecule has 0 aliphatic heterocycles. The molecule has 1 aromatic heterocycles. The van der Waals surface area contributed by atoms with E-state index in [0.29, 0.717) is 6.54 Å². The SMILES string of the molecule is CN=C(NC)NCc1cccnc1N(C)C.I. The van der Waals surface area contributed by atoms with Crippen LogP contribution in [0.3, 0.4) is 0 Å². The van der Waals surface area contributed by atoms with Gasteiger partial charge >= 0.3 is 0 Å². The lowest BCUT2D eigenvalue weighted by molar-refractivity contribution is 0.853. The molecule has 0 amide bonds. The summed E-state index contributed by atoms with van der Waals surface area (Å²) in [5.74, 6) is 1.75. The van der Waals surface area contributed by atoms with Gasteiger partial charge in [0, 0.05) is 46.5 Å². The zero-order valence-corrected chi connectivity index (χ0v) is 13.0. The molecule has 0 atom stereocenters. The van der Waals surface area contributed by atoms with Gasteiger partial charge in [-0.05, 0) is 6.07 Å². The highest BCUT2D eigenvalue weighted by atomic mass is 127. The average Bonchev–Trinajstić information content (AvgIpc) is 2.30. The Morgan fingerprint density at radius 1 is 1.47 bits per heavy atom. The van der Waals surface area contributed by atoms with E-state index in [1.54, 1.807) is 13.2 Å². The van der Waals surface area contributed by atoms with Gasteiger partial charge in [0.15, 0.2) is 5.96 Å². The number of rotatable bonds is 3. The largest absolute Gasteiger partial charge is 0.362 e. The lowest BCUT2D eigenvalue weighted by Crippen LogP contribution is -2.34. The molecule has 0 radical (unpaired) electrons. The first-order chi connectivity index (χ1) is 7.69. The predicted molar refractivity (Wildman–Crippen MR) is 83.2 cm³/mol. The molecule has 2 N–H and O–H groups in total. The van der Waals surface area contributed by atoms with Crippen LogP contribution in [0.5, 0.6) is 0 Å².